The number of esters is 1. The van der Waals surface area contributed by atoms with Crippen LogP contribution in [0.2, 0.25) is 0 Å². The molecule has 2 heterocycles. The van der Waals surface area contributed by atoms with Crippen molar-refractivity contribution >= 4 is 17.9 Å². The maximum absolute atomic E-state index is 12.1. The first kappa shape index (κ1) is 15.9. The second-order valence-corrected chi connectivity index (χ2v) is 5.60. The monoisotopic (exact) mass is 345 g/mol. The van der Waals surface area contributed by atoms with Gasteiger partial charge in [0, 0.05) is 11.6 Å². The first-order valence-corrected chi connectivity index (χ1v) is 8.06. The molecule has 5 heteroatoms. The summed E-state index contributed by atoms with van der Waals surface area (Å²) >= 11 is 0. The smallest absolute Gasteiger partial charge is 0.363 e. The van der Waals surface area contributed by atoms with E-state index in [0.29, 0.717) is 23.2 Å². The molecule has 1 aliphatic heterocycles. The molecule has 0 aliphatic carbocycles. The average Bonchev–Trinajstić information content (AvgIpc) is 3.30. The van der Waals surface area contributed by atoms with E-state index in [2.05, 4.69) is 4.99 Å². The van der Waals surface area contributed by atoms with Crippen LogP contribution in [0.1, 0.15) is 11.3 Å². The number of carbonyl (C=O) groups excluding carboxylic acids is 1. The summed E-state index contributed by atoms with van der Waals surface area (Å²) in [5, 5.41) is 0. The van der Waals surface area contributed by atoms with Gasteiger partial charge in [0.1, 0.15) is 17.3 Å². The Hall–Kier alpha value is -3.60. The number of cyclic esters (lactones) is 1. The van der Waals surface area contributed by atoms with Crippen molar-refractivity contribution in [3.8, 4) is 17.1 Å². The first-order chi connectivity index (χ1) is 12.7. The molecular formula is C21H15NO4. The van der Waals surface area contributed by atoms with Crippen LogP contribution in [0, 0.1) is 0 Å². The zero-order valence-corrected chi connectivity index (χ0v) is 14.0. The summed E-state index contributed by atoms with van der Waals surface area (Å²) in [5.74, 6) is 1.66. The Morgan fingerprint density at radius 2 is 1.73 bits per heavy atom. The maximum atomic E-state index is 12.1. The minimum atomic E-state index is -0.501. The molecule has 0 atom stereocenters. The number of ether oxygens (including phenoxy) is 2. The van der Waals surface area contributed by atoms with E-state index in [1.54, 1.807) is 19.3 Å². The normalized spacial score (nSPS) is 15.0. The van der Waals surface area contributed by atoms with E-state index in [9.17, 15) is 4.79 Å². The van der Waals surface area contributed by atoms with Crippen molar-refractivity contribution in [1.82, 2.24) is 0 Å². The largest absolute Gasteiger partial charge is 0.496 e. The van der Waals surface area contributed by atoms with Crippen LogP contribution >= 0.6 is 0 Å². The summed E-state index contributed by atoms with van der Waals surface area (Å²) in [4.78, 5) is 16.3. The van der Waals surface area contributed by atoms with Gasteiger partial charge in [0.15, 0.2) is 5.70 Å². The van der Waals surface area contributed by atoms with Crippen molar-refractivity contribution in [2.24, 2.45) is 4.99 Å². The highest BCUT2D eigenvalue weighted by Gasteiger charge is 2.24. The number of benzene rings is 2. The highest BCUT2D eigenvalue weighted by Crippen LogP contribution is 2.31. The second kappa shape index (κ2) is 6.72. The van der Waals surface area contributed by atoms with E-state index in [1.165, 1.54) is 0 Å². The van der Waals surface area contributed by atoms with Gasteiger partial charge in [-0.2, -0.15) is 0 Å². The van der Waals surface area contributed by atoms with Crippen LogP contribution in [-0.2, 0) is 9.53 Å². The lowest BCUT2D eigenvalue weighted by Gasteiger charge is -2.04. The molecule has 0 amide bonds. The van der Waals surface area contributed by atoms with Crippen molar-refractivity contribution in [3.05, 3.63) is 83.8 Å². The van der Waals surface area contributed by atoms with Gasteiger partial charge in [-0.25, -0.2) is 9.79 Å². The molecule has 26 heavy (non-hydrogen) atoms. The molecule has 0 bridgehead atoms. The Morgan fingerprint density at radius 3 is 2.54 bits per heavy atom. The fourth-order valence-corrected chi connectivity index (χ4v) is 2.67. The van der Waals surface area contributed by atoms with Crippen molar-refractivity contribution in [2.75, 3.05) is 7.11 Å². The van der Waals surface area contributed by atoms with Gasteiger partial charge >= 0.3 is 5.97 Å². The van der Waals surface area contributed by atoms with E-state index in [-0.39, 0.29) is 5.70 Å². The molecule has 0 radical (unpaired) electrons. The summed E-state index contributed by atoms with van der Waals surface area (Å²) in [5.41, 5.74) is 1.78. The van der Waals surface area contributed by atoms with Gasteiger partial charge in [-0.1, -0.05) is 30.3 Å². The zero-order valence-electron chi connectivity index (χ0n) is 14.0. The topological polar surface area (TPSA) is 61.0 Å². The fourth-order valence-electron chi connectivity index (χ4n) is 2.67. The fraction of sp³-hybridized carbons (Fsp3) is 0.0476. The predicted octanol–water partition coefficient (Wildman–Crippen LogP) is 4.30. The zero-order chi connectivity index (χ0) is 17.9. The molecular weight excluding hydrogens is 330 g/mol. The van der Waals surface area contributed by atoms with Crippen LogP contribution in [0.4, 0.5) is 0 Å². The number of methoxy groups -OCH3 is 1. The quantitative estimate of drug-likeness (QED) is 0.522. The second-order valence-electron chi connectivity index (χ2n) is 5.60. The van der Waals surface area contributed by atoms with Gasteiger partial charge < -0.3 is 13.9 Å². The van der Waals surface area contributed by atoms with Crippen molar-refractivity contribution in [2.45, 2.75) is 0 Å². The minimum absolute atomic E-state index is 0.199. The third kappa shape index (κ3) is 3.02. The van der Waals surface area contributed by atoms with Gasteiger partial charge in [0.25, 0.3) is 0 Å². The molecule has 0 saturated heterocycles. The highest BCUT2D eigenvalue weighted by atomic mass is 16.6. The molecule has 5 nitrogen and oxygen atoms in total. The Labute approximate surface area is 150 Å². The molecule has 0 fully saturated rings. The lowest BCUT2D eigenvalue weighted by atomic mass is 10.1. The number of nitrogens with zero attached hydrogens (tertiary/aromatic N) is 1. The van der Waals surface area contributed by atoms with E-state index < -0.39 is 5.97 Å². The number of rotatable bonds is 4. The summed E-state index contributed by atoms with van der Waals surface area (Å²) < 4.78 is 16.4. The Morgan fingerprint density at radius 1 is 0.962 bits per heavy atom. The minimum Gasteiger partial charge on any atom is -0.496 e. The first-order valence-electron chi connectivity index (χ1n) is 8.06. The number of hydrogen-bond donors (Lipinski definition) is 0. The van der Waals surface area contributed by atoms with Crippen LogP contribution in [-0.4, -0.2) is 19.0 Å². The molecule has 1 aliphatic rings. The Balaban J connectivity index is 1.64. The number of carbonyl (C=O) groups is 1. The van der Waals surface area contributed by atoms with Gasteiger partial charge in [0.05, 0.1) is 12.7 Å². The van der Waals surface area contributed by atoms with Gasteiger partial charge in [-0.15, -0.1) is 0 Å². The molecule has 1 aromatic heterocycles. The number of hydrogen-bond acceptors (Lipinski definition) is 5. The van der Waals surface area contributed by atoms with E-state index in [1.807, 2.05) is 60.7 Å². The third-order valence-electron chi connectivity index (χ3n) is 3.92. The summed E-state index contributed by atoms with van der Waals surface area (Å²) in [6.45, 7) is 0. The standard InChI is InChI=1S/C21H15NO4/c1-24-18-10-6-5-9-16(18)19-12-11-15(25-19)13-17-21(23)26-20(22-17)14-7-3-2-4-8-14/h2-13H,1H3. The van der Waals surface area contributed by atoms with Crippen molar-refractivity contribution < 1.29 is 18.7 Å². The summed E-state index contributed by atoms with van der Waals surface area (Å²) in [7, 11) is 1.61. The molecule has 4 rings (SSSR count). The van der Waals surface area contributed by atoms with E-state index >= 15 is 0 Å². The van der Waals surface area contributed by atoms with E-state index in [0.717, 1.165) is 11.1 Å². The highest BCUT2D eigenvalue weighted by molar-refractivity contribution is 6.12. The molecule has 3 aromatic rings. The van der Waals surface area contributed by atoms with Crippen LogP contribution < -0.4 is 4.74 Å². The molecule has 0 unspecified atom stereocenters. The third-order valence-corrected chi connectivity index (χ3v) is 3.92. The average molecular weight is 345 g/mol. The Kier molecular flexibility index (Phi) is 4.11. The van der Waals surface area contributed by atoms with Crippen molar-refractivity contribution in [3.63, 3.8) is 0 Å². The van der Waals surface area contributed by atoms with Crippen molar-refractivity contribution in [1.29, 1.82) is 0 Å². The SMILES string of the molecule is COc1ccccc1-c1ccc(C=C2N=C(c3ccccc3)OC2=O)o1. The van der Waals surface area contributed by atoms with Crippen LogP contribution in [0.3, 0.4) is 0 Å². The van der Waals surface area contributed by atoms with Gasteiger partial charge in [-0.3, -0.25) is 0 Å². The molecule has 0 spiro atoms. The number of aliphatic imine (C=N–C) groups is 1. The lowest BCUT2D eigenvalue weighted by molar-refractivity contribution is -0.129. The van der Waals surface area contributed by atoms with Crippen LogP contribution in [0.5, 0.6) is 5.75 Å². The lowest BCUT2D eigenvalue weighted by Crippen LogP contribution is -2.04. The summed E-state index contributed by atoms with van der Waals surface area (Å²) in [6, 6.07) is 20.4. The van der Waals surface area contributed by atoms with Crippen LogP contribution in [0.15, 0.2) is 81.8 Å². The molecule has 0 saturated carbocycles. The maximum Gasteiger partial charge on any atom is 0.363 e. The Bertz CT molecular complexity index is 1020. The number of furan rings is 1. The summed E-state index contributed by atoms with van der Waals surface area (Å²) in [6.07, 6.45) is 1.57. The predicted molar refractivity (Wildman–Crippen MR) is 97.7 cm³/mol. The van der Waals surface area contributed by atoms with Gasteiger partial charge in [0.2, 0.25) is 5.90 Å². The molecule has 128 valence electrons. The van der Waals surface area contributed by atoms with E-state index in [4.69, 9.17) is 13.9 Å². The van der Waals surface area contributed by atoms with Crippen LogP contribution in [0.25, 0.3) is 17.4 Å². The van der Waals surface area contributed by atoms with Gasteiger partial charge in [-0.05, 0) is 36.4 Å². The number of para-hydroxylation sites is 1. The molecule has 0 N–H and O–H groups in total. The molecule has 2 aromatic carbocycles.